The summed E-state index contributed by atoms with van der Waals surface area (Å²) in [6, 6.07) is 12.8. The Hall–Kier alpha value is -2.95. The van der Waals surface area contributed by atoms with Crippen LogP contribution in [0.4, 0.5) is 11.4 Å². The van der Waals surface area contributed by atoms with Gasteiger partial charge in [-0.3, -0.25) is 0 Å². The monoisotopic (exact) mass is 281 g/mol. The summed E-state index contributed by atoms with van der Waals surface area (Å²) in [6.45, 7) is 0. The molecule has 0 atom stereocenters. The first-order valence-corrected chi connectivity index (χ1v) is 6.45. The van der Waals surface area contributed by atoms with Gasteiger partial charge in [-0.05, 0) is 24.3 Å². The third-order valence-electron chi connectivity index (χ3n) is 3.43. The van der Waals surface area contributed by atoms with Gasteiger partial charge in [0.15, 0.2) is 28.5 Å². The molecular formula is C16H11NO4. The third-order valence-corrected chi connectivity index (χ3v) is 3.43. The molecule has 0 fully saturated rings. The number of fused-ring (bicyclic) bond motifs is 4. The van der Waals surface area contributed by atoms with Crippen molar-refractivity contribution in [2.24, 2.45) is 0 Å². The van der Waals surface area contributed by atoms with Crippen molar-refractivity contribution in [3.63, 3.8) is 0 Å². The van der Waals surface area contributed by atoms with Gasteiger partial charge in [0.25, 0.3) is 0 Å². The van der Waals surface area contributed by atoms with Gasteiger partial charge < -0.3 is 19.2 Å². The predicted molar refractivity (Wildman–Crippen MR) is 78.8 cm³/mol. The van der Waals surface area contributed by atoms with E-state index in [1.807, 2.05) is 36.4 Å². The number of anilines is 2. The first kappa shape index (κ1) is 11.8. The fourth-order valence-electron chi connectivity index (χ4n) is 2.45. The van der Waals surface area contributed by atoms with E-state index in [0.29, 0.717) is 33.9 Å². The van der Waals surface area contributed by atoms with Crippen molar-refractivity contribution in [3.05, 3.63) is 52.9 Å². The normalized spacial score (nSPS) is 12.0. The van der Waals surface area contributed by atoms with Gasteiger partial charge in [-0.25, -0.2) is 4.79 Å². The van der Waals surface area contributed by atoms with Gasteiger partial charge in [-0.15, -0.1) is 0 Å². The maximum atomic E-state index is 12.2. The van der Waals surface area contributed by atoms with E-state index in [1.165, 1.54) is 7.11 Å². The van der Waals surface area contributed by atoms with Crippen molar-refractivity contribution >= 4 is 22.3 Å². The highest BCUT2D eigenvalue weighted by molar-refractivity contribution is 5.94. The minimum atomic E-state index is -0.489. The largest absolute Gasteiger partial charge is 0.493 e. The molecule has 1 aromatic heterocycles. The van der Waals surface area contributed by atoms with E-state index in [1.54, 1.807) is 6.07 Å². The number of benzene rings is 2. The number of hydrogen-bond acceptors (Lipinski definition) is 5. The van der Waals surface area contributed by atoms with Crippen LogP contribution in [0.5, 0.6) is 17.2 Å². The van der Waals surface area contributed by atoms with Gasteiger partial charge in [-0.2, -0.15) is 0 Å². The van der Waals surface area contributed by atoms with Gasteiger partial charge in [0.1, 0.15) is 0 Å². The van der Waals surface area contributed by atoms with Crippen LogP contribution in [0.3, 0.4) is 0 Å². The van der Waals surface area contributed by atoms with Crippen molar-refractivity contribution in [1.29, 1.82) is 0 Å². The molecule has 0 bridgehead atoms. The summed E-state index contributed by atoms with van der Waals surface area (Å²) in [5.74, 6) is 1.62. The Morgan fingerprint density at radius 3 is 2.81 bits per heavy atom. The van der Waals surface area contributed by atoms with Crippen LogP contribution in [-0.4, -0.2) is 7.11 Å². The molecule has 0 amide bonds. The number of rotatable bonds is 1. The van der Waals surface area contributed by atoms with Crippen molar-refractivity contribution in [3.8, 4) is 17.2 Å². The van der Waals surface area contributed by atoms with E-state index in [0.717, 1.165) is 5.69 Å². The molecule has 104 valence electrons. The molecule has 5 heteroatoms. The van der Waals surface area contributed by atoms with Gasteiger partial charge in [0.2, 0.25) is 0 Å². The van der Waals surface area contributed by atoms with Crippen LogP contribution < -0.4 is 20.4 Å². The van der Waals surface area contributed by atoms with E-state index < -0.39 is 5.63 Å². The van der Waals surface area contributed by atoms with Crippen LogP contribution in [0.2, 0.25) is 0 Å². The molecule has 21 heavy (non-hydrogen) atoms. The summed E-state index contributed by atoms with van der Waals surface area (Å²) in [6.07, 6.45) is 0. The Morgan fingerprint density at radius 2 is 1.95 bits per heavy atom. The summed E-state index contributed by atoms with van der Waals surface area (Å²) in [4.78, 5) is 12.2. The lowest BCUT2D eigenvalue weighted by Gasteiger charge is -2.21. The molecule has 1 aliphatic rings. The van der Waals surface area contributed by atoms with Gasteiger partial charge in [0, 0.05) is 0 Å². The Kier molecular flexibility index (Phi) is 2.41. The van der Waals surface area contributed by atoms with Gasteiger partial charge in [-0.1, -0.05) is 18.2 Å². The Bertz CT molecular complexity index is 914. The Labute approximate surface area is 119 Å². The topological polar surface area (TPSA) is 60.7 Å². The van der Waals surface area contributed by atoms with Crippen molar-refractivity contribution in [2.45, 2.75) is 0 Å². The smallest absolute Gasteiger partial charge is 0.364 e. The second kappa shape index (κ2) is 4.28. The molecule has 0 aliphatic carbocycles. The fraction of sp³-hybridized carbons (Fsp3) is 0.0625. The van der Waals surface area contributed by atoms with E-state index in [2.05, 4.69) is 5.32 Å². The summed E-state index contributed by atoms with van der Waals surface area (Å²) >= 11 is 0. The minimum absolute atomic E-state index is 0.300. The lowest BCUT2D eigenvalue weighted by Crippen LogP contribution is -2.13. The molecule has 1 N–H and O–H groups in total. The molecule has 0 radical (unpaired) electrons. The number of ether oxygens (including phenoxy) is 2. The molecule has 2 heterocycles. The summed E-state index contributed by atoms with van der Waals surface area (Å²) < 4.78 is 16.5. The zero-order chi connectivity index (χ0) is 14.4. The fourth-order valence-corrected chi connectivity index (χ4v) is 2.45. The predicted octanol–water partition coefficient (Wildman–Crippen LogP) is 3.65. The number of para-hydroxylation sites is 3. The molecule has 5 nitrogen and oxygen atoms in total. The zero-order valence-corrected chi connectivity index (χ0v) is 11.2. The van der Waals surface area contributed by atoms with E-state index in [4.69, 9.17) is 13.9 Å². The number of methoxy groups -OCH3 is 1. The second-order valence-electron chi connectivity index (χ2n) is 4.65. The van der Waals surface area contributed by atoms with Gasteiger partial charge >= 0.3 is 5.63 Å². The third kappa shape index (κ3) is 1.67. The molecule has 1 aliphatic heterocycles. The highest BCUT2D eigenvalue weighted by Gasteiger charge is 2.24. The van der Waals surface area contributed by atoms with Crippen LogP contribution in [0, 0.1) is 0 Å². The first-order chi connectivity index (χ1) is 10.3. The summed E-state index contributed by atoms with van der Waals surface area (Å²) in [5.41, 5.74) is 0.926. The van der Waals surface area contributed by atoms with Crippen molar-refractivity contribution < 1.29 is 13.9 Å². The molecule has 0 spiro atoms. The Morgan fingerprint density at radius 1 is 1.10 bits per heavy atom. The van der Waals surface area contributed by atoms with Crippen LogP contribution in [0.15, 0.2) is 51.7 Å². The summed E-state index contributed by atoms with van der Waals surface area (Å²) in [5, 5.41) is 3.75. The van der Waals surface area contributed by atoms with Crippen LogP contribution >= 0.6 is 0 Å². The quantitative estimate of drug-likeness (QED) is 0.540. The average molecular weight is 281 g/mol. The highest BCUT2D eigenvalue weighted by atomic mass is 16.5. The average Bonchev–Trinajstić information content (AvgIpc) is 2.53. The van der Waals surface area contributed by atoms with E-state index >= 15 is 0 Å². The number of hydrogen-bond donors (Lipinski definition) is 1. The summed E-state index contributed by atoms with van der Waals surface area (Å²) in [7, 11) is 1.53. The maximum absolute atomic E-state index is 12.2. The molecule has 0 unspecified atom stereocenters. The SMILES string of the molecule is COc1cccc2c3c(c(=O)oc12)Nc1ccccc1O3. The van der Waals surface area contributed by atoms with Crippen molar-refractivity contribution in [1.82, 2.24) is 0 Å². The Balaban J connectivity index is 2.04. The molecule has 4 rings (SSSR count). The zero-order valence-electron chi connectivity index (χ0n) is 11.2. The molecule has 2 aromatic carbocycles. The molecule has 3 aromatic rings. The lowest BCUT2D eigenvalue weighted by atomic mass is 10.1. The minimum Gasteiger partial charge on any atom is -0.493 e. The molecular weight excluding hydrogens is 270 g/mol. The highest BCUT2D eigenvalue weighted by Crippen LogP contribution is 2.44. The van der Waals surface area contributed by atoms with Crippen LogP contribution in [0.1, 0.15) is 0 Å². The van der Waals surface area contributed by atoms with Crippen molar-refractivity contribution in [2.75, 3.05) is 12.4 Å². The number of nitrogens with one attached hydrogen (secondary N) is 1. The van der Waals surface area contributed by atoms with E-state index in [-0.39, 0.29) is 0 Å². The molecule has 0 saturated heterocycles. The standard InChI is InChI=1S/C16H11NO4/c1-19-12-8-4-5-9-14(12)21-16(18)13-15(9)20-11-7-3-2-6-10(11)17-13/h2-8,17H,1H3. The molecule has 0 saturated carbocycles. The lowest BCUT2D eigenvalue weighted by molar-refractivity contribution is 0.405. The van der Waals surface area contributed by atoms with Crippen LogP contribution in [0.25, 0.3) is 11.0 Å². The van der Waals surface area contributed by atoms with Crippen LogP contribution in [-0.2, 0) is 0 Å². The maximum Gasteiger partial charge on any atom is 0.364 e. The van der Waals surface area contributed by atoms with E-state index in [9.17, 15) is 4.79 Å². The van der Waals surface area contributed by atoms with Gasteiger partial charge in [0.05, 0.1) is 18.2 Å². The second-order valence-corrected chi connectivity index (χ2v) is 4.65. The first-order valence-electron chi connectivity index (χ1n) is 6.45.